The zero-order chi connectivity index (χ0) is 14.8. The highest BCUT2D eigenvalue weighted by Crippen LogP contribution is 2.37. The van der Waals surface area contributed by atoms with Crippen molar-refractivity contribution in [3.05, 3.63) is 35.4 Å². The maximum absolute atomic E-state index is 12.6. The van der Waals surface area contributed by atoms with Crippen LogP contribution in [0.25, 0.3) is 0 Å². The molecule has 0 spiro atoms. The van der Waals surface area contributed by atoms with Crippen LogP contribution in [0.1, 0.15) is 35.2 Å². The predicted molar refractivity (Wildman–Crippen MR) is 67.8 cm³/mol. The number of rotatable bonds is 5. The van der Waals surface area contributed by atoms with Crippen LogP contribution in [-0.2, 0) is 11.2 Å². The number of carboxylic acid groups (broad SMARTS) is 1. The molecule has 1 aromatic carbocycles. The number of hydrogen-bond donors (Lipinski definition) is 2. The Morgan fingerprint density at radius 3 is 2.35 bits per heavy atom. The van der Waals surface area contributed by atoms with Crippen LogP contribution in [0.15, 0.2) is 24.3 Å². The fourth-order valence-corrected chi connectivity index (χ4v) is 2.11. The van der Waals surface area contributed by atoms with E-state index in [4.69, 9.17) is 5.11 Å². The molecule has 2 rings (SSSR count). The maximum Gasteiger partial charge on any atom is 0.303 e. The van der Waals surface area contributed by atoms with Crippen molar-refractivity contribution in [2.45, 2.75) is 37.6 Å². The Labute approximate surface area is 114 Å². The van der Waals surface area contributed by atoms with Gasteiger partial charge in [-0.25, -0.2) is 8.78 Å². The lowest BCUT2D eigenvalue weighted by Gasteiger charge is -2.35. The number of amides is 1. The number of carbonyl (C=O) groups excluding carboxylic acids is 1. The smallest absolute Gasteiger partial charge is 0.303 e. The Morgan fingerprint density at radius 1 is 1.25 bits per heavy atom. The van der Waals surface area contributed by atoms with Gasteiger partial charge in [0.05, 0.1) is 0 Å². The largest absolute Gasteiger partial charge is 0.481 e. The van der Waals surface area contributed by atoms with Crippen LogP contribution in [0.2, 0.25) is 0 Å². The van der Waals surface area contributed by atoms with Crippen molar-refractivity contribution in [2.75, 3.05) is 0 Å². The molecule has 0 heterocycles. The van der Waals surface area contributed by atoms with Crippen LogP contribution >= 0.6 is 0 Å². The van der Waals surface area contributed by atoms with Crippen LogP contribution in [0.5, 0.6) is 0 Å². The van der Waals surface area contributed by atoms with E-state index >= 15 is 0 Å². The van der Waals surface area contributed by atoms with E-state index in [1.54, 1.807) is 24.3 Å². The van der Waals surface area contributed by atoms with E-state index in [1.165, 1.54) is 0 Å². The van der Waals surface area contributed by atoms with Gasteiger partial charge in [-0.3, -0.25) is 9.59 Å². The number of aryl methyl sites for hydroxylation is 1. The minimum absolute atomic E-state index is 0.0305. The zero-order valence-corrected chi connectivity index (χ0v) is 10.7. The first kappa shape index (κ1) is 14.4. The SMILES string of the molecule is O=C(O)CCc1ccc(C(=O)NC2CC(F)(F)C2)cc1. The number of alkyl halides is 2. The van der Waals surface area contributed by atoms with Gasteiger partial charge in [-0.2, -0.15) is 0 Å². The molecule has 1 aliphatic rings. The highest BCUT2D eigenvalue weighted by Gasteiger charge is 2.45. The number of hydrogen-bond acceptors (Lipinski definition) is 2. The number of nitrogens with one attached hydrogen (secondary N) is 1. The van der Waals surface area contributed by atoms with Crippen molar-refractivity contribution in [2.24, 2.45) is 0 Å². The van der Waals surface area contributed by atoms with E-state index in [9.17, 15) is 18.4 Å². The van der Waals surface area contributed by atoms with Crippen molar-refractivity contribution in [3.8, 4) is 0 Å². The van der Waals surface area contributed by atoms with Gasteiger partial charge in [0, 0.05) is 30.9 Å². The first-order chi connectivity index (χ1) is 9.35. The summed E-state index contributed by atoms with van der Waals surface area (Å²) in [5.41, 5.74) is 1.21. The second-order valence-electron chi connectivity index (χ2n) is 5.03. The highest BCUT2D eigenvalue weighted by molar-refractivity contribution is 5.94. The monoisotopic (exact) mass is 283 g/mol. The second kappa shape index (κ2) is 5.56. The topological polar surface area (TPSA) is 66.4 Å². The first-order valence-corrected chi connectivity index (χ1v) is 6.35. The second-order valence-corrected chi connectivity index (χ2v) is 5.03. The molecule has 6 heteroatoms. The molecule has 0 atom stereocenters. The number of halogens is 2. The molecule has 4 nitrogen and oxygen atoms in total. The molecule has 0 saturated heterocycles. The molecule has 1 saturated carbocycles. The quantitative estimate of drug-likeness (QED) is 0.871. The lowest BCUT2D eigenvalue weighted by Crippen LogP contribution is -2.50. The summed E-state index contributed by atoms with van der Waals surface area (Å²) >= 11 is 0. The maximum atomic E-state index is 12.6. The van der Waals surface area contributed by atoms with Crippen LogP contribution in [0.4, 0.5) is 8.78 Å². The van der Waals surface area contributed by atoms with E-state index < -0.39 is 17.9 Å². The summed E-state index contributed by atoms with van der Waals surface area (Å²) in [5, 5.41) is 11.1. The van der Waals surface area contributed by atoms with Gasteiger partial charge >= 0.3 is 5.97 Å². The van der Waals surface area contributed by atoms with Crippen LogP contribution < -0.4 is 5.32 Å². The molecule has 2 N–H and O–H groups in total. The minimum atomic E-state index is -2.65. The fraction of sp³-hybridized carbons (Fsp3) is 0.429. The Bertz CT molecular complexity index is 506. The summed E-state index contributed by atoms with van der Waals surface area (Å²) in [4.78, 5) is 22.2. The molecule has 1 fully saturated rings. The van der Waals surface area contributed by atoms with Crippen molar-refractivity contribution in [1.29, 1.82) is 0 Å². The molecule has 1 aromatic rings. The van der Waals surface area contributed by atoms with Crippen molar-refractivity contribution < 1.29 is 23.5 Å². The van der Waals surface area contributed by atoms with Gasteiger partial charge in [0.2, 0.25) is 0 Å². The average Bonchev–Trinajstić information content (AvgIpc) is 2.34. The van der Waals surface area contributed by atoms with Crippen LogP contribution in [0.3, 0.4) is 0 Å². The summed E-state index contributed by atoms with van der Waals surface area (Å²) in [6, 6.07) is 6.02. The number of aliphatic carboxylic acids is 1. The van der Waals surface area contributed by atoms with Crippen LogP contribution in [-0.4, -0.2) is 28.9 Å². The zero-order valence-electron chi connectivity index (χ0n) is 10.7. The molecule has 0 aliphatic heterocycles. The third-order valence-corrected chi connectivity index (χ3v) is 3.27. The first-order valence-electron chi connectivity index (χ1n) is 6.35. The molecule has 0 unspecified atom stereocenters. The lowest BCUT2D eigenvalue weighted by molar-refractivity contribution is -0.136. The number of benzene rings is 1. The molecule has 0 bridgehead atoms. The van der Waals surface area contributed by atoms with Crippen molar-refractivity contribution in [1.82, 2.24) is 5.32 Å². The van der Waals surface area contributed by atoms with Crippen LogP contribution in [0, 0.1) is 0 Å². The summed E-state index contributed by atoms with van der Waals surface area (Å²) in [6.07, 6.45) is -0.195. The van der Waals surface area contributed by atoms with E-state index in [-0.39, 0.29) is 25.2 Å². The third kappa shape index (κ3) is 3.76. The number of carbonyl (C=O) groups is 2. The molecule has 1 aliphatic carbocycles. The summed E-state index contributed by atoms with van der Waals surface area (Å²) in [5.74, 6) is -3.91. The molecule has 0 aromatic heterocycles. The van der Waals surface area contributed by atoms with E-state index in [0.717, 1.165) is 5.56 Å². The number of carboxylic acids is 1. The van der Waals surface area contributed by atoms with Gasteiger partial charge in [0.1, 0.15) is 0 Å². The summed E-state index contributed by atoms with van der Waals surface area (Å²) in [6.45, 7) is 0. The predicted octanol–water partition coefficient (Wildman–Crippen LogP) is 2.23. The Kier molecular flexibility index (Phi) is 4.01. The van der Waals surface area contributed by atoms with E-state index in [2.05, 4.69) is 5.32 Å². The molecular weight excluding hydrogens is 268 g/mol. The van der Waals surface area contributed by atoms with Crippen molar-refractivity contribution in [3.63, 3.8) is 0 Å². The molecule has 1 amide bonds. The molecular formula is C14H15F2NO3. The van der Waals surface area contributed by atoms with E-state index in [1.807, 2.05) is 0 Å². The van der Waals surface area contributed by atoms with Gasteiger partial charge in [0.25, 0.3) is 11.8 Å². The Hall–Kier alpha value is -1.98. The Morgan fingerprint density at radius 2 is 1.85 bits per heavy atom. The van der Waals surface area contributed by atoms with Crippen molar-refractivity contribution >= 4 is 11.9 Å². The van der Waals surface area contributed by atoms with Gasteiger partial charge < -0.3 is 10.4 Å². The van der Waals surface area contributed by atoms with Gasteiger partial charge in [-0.05, 0) is 24.1 Å². The standard InChI is InChI=1S/C14H15F2NO3/c15-14(16)7-11(8-14)17-13(20)10-4-1-9(2-5-10)3-6-12(18)19/h1-2,4-5,11H,3,6-8H2,(H,17,20)(H,18,19). The van der Waals surface area contributed by atoms with E-state index in [0.29, 0.717) is 12.0 Å². The average molecular weight is 283 g/mol. The van der Waals surface area contributed by atoms with Gasteiger partial charge in [0.15, 0.2) is 0 Å². The third-order valence-electron chi connectivity index (χ3n) is 3.27. The fourth-order valence-electron chi connectivity index (χ4n) is 2.11. The Balaban J connectivity index is 1.86. The minimum Gasteiger partial charge on any atom is -0.481 e. The lowest BCUT2D eigenvalue weighted by atomic mass is 9.88. The summed E-state index contributed by atoms with van der Waals surface area (Å²) in [7, 11) is 0. The van der Waals surface area contributed by atoms with Gasteiger partial charge in [-0.15, -0.1) is 0 Å². The molecule has 0 radical (unpaired) electrons. The van der Waals surface area contributed by atoms with Gasteiger partial charge in [-0.1, -0.05) is 12.1 Å². The molecule has 20 heavy (non-hydrogen) atoms. The highest BCUT2D eigenvalue weighted by atomic mass is 19.3. The molecule has 108 valence electrons. The summed E-state index contributed by atoms with van der Waals surface area (Å²) < 4.78 is 25.3. The normalized spacial score (nSPS) is 17.3.